The van der Waals surface area contributed by atoms with E-state index < -0.39 is 0 Å². The fraction of sp³-hybridized carbons (Fsp3) is 0.150. The van der Waals surface area contributed by atoms with Crippen LogP contribution in [0.4, 0.5) is 11.4 Å². The van der Waals surface area contributed by atoms with Gasteiger partial charge in [0.15, 0.2) is 11.5 Å². The number of rotatable bonds is 4. The second-order valence-corrected chi connectivity index (χ2v) is 5.54. The Bertz CT molecular complexity index is 942. The van der Waals surface area contributed by atoms with Gasteiger partial charge in [-0.1, -0.05) is 30.3 Å². The molecule has 1 N–H and O–H groups in total. The molecule has 0 spiro atoms. The molecule has 120 valence electrons. The summed E-state index contributed by atoms with van der Waals surface area (Å²) in [6.45, 7) is 2.54. The third-order valence-corrected chi connectivity index (χ3v) is 4.11. The van der Waals surface area contributed by atoms with Crippen molar-refractivity contribution in [3.05, 3.63) is 60.2 Å². The van der Waals surface area contributed by atoms with Gasteiger partial charge in [-0.3, -0.25) is 0 Å². The van der Waals surface area contributed by atoms with Crippen molar-refractivity contribution in [1.82, 2.24) is 0 Å². The quantitative estimate of drug-likeness (QED) is 0.755. The van der Waals surface area contributed by atoms with Crippen LogP contribution >= 0.6 is 0 Å². The Morgan fingerprint density at radius 1 is 1.00 bits per heavy atom. The third-order valence-electron chi connectivity index (χ3n) is 4.11. The average molecular weight is 318 g/mol. The number of nitrogens with one attached hydrogen (secondary N) is 1. The first-order chi connectivity index (χ1) is 11.8. The number of para-hydroxylation sites is 1. The van der Waals surface area contributed by atoms with Crippen LogP contribution in [0.2, 0.25) is 0 Å². The second-order valence-electron chi connectivity index (χ2n) is 5.54. The number of anilines is 1. The van der Waals surface area contributed by atoms with Crippen LogP contribution < -0.4 is 14.8 Å². The molecule has 24 heavy (non-hydrogen) atoms. The van der Waals surface area contributed by atoms with E-state index in [0.717, 1.165) is 33.9 Å². The molecule has 0 bridgehead atoms. The highest BCUT2D eigenvalue weighted by atomic mass is 16.5. The Kier molecular flexibility index (Phi) is 3.58. The molecule has 3 aromatic rings. The van der Waals surface area contributed by atoms with E-state index in [1.807, 2.05) is 43.3 Å². The summed E-state index contributed by atoms with van der Waals surface area (Å²) >= 11 is 0. The minimum Gasteiger partial charge on any atom is -0.492 e. The van der Waals surface area contributed by atoms with Crippen LogP contribution in [0.15, 0.2) is 59.6 Å². The molecule has 0 saturated heterocycles. The highest BCUT2D eigenvalue weighted by molar-refractivity contribution is 6.20. The van der Waals surface area contributed by atoms with E-state index >= 15 is 0 Å². The minimum atomic E-state index is 0.585. The van der Waals surface area contributed by atoms with Gasteiger partial charge >= 0.3 is 0 Å². The normalized spacial score (nSPS) is 12.5. The second kappa shape index (κ2) is 5.89. The summed E-state index contributed by atoms with van der Waals surface area (Å²) in [6, 6.07) is 18.2. The summed E-state index contributed by atoms with van der Waals surface area (Å²) in [7, 11) is 1.65. The van der Waals surface area contributed by atoms with Crippen molar-refractivity contribution in [2.24, 2.45) is 4.99 Å². The average Bonchev–Trinajstić information content (AvgIpc) is 2.62. The Balaban J connectivity index is 1.89. The number of hydrogen-bond acceptors (Lipinski definition) is 4. The van der Waals surface area contributed by atoms with Crippen LogP contribution in [0.5, 0.6) is 11.5 Å². The molecule has 0 radical (unpaired) electrons. The maximum absolute atomic E-state index is 5.68. The van der Waals surface area contributed by atoms with Crippen molar-refractivity contribution in [3.8, 4) is 11.5 Å². The molecular weight excluding hydrogens is 300 g/mol. The monoisotopic (exact) mass is 318 g/mol. The Morgan fingerprint density at radius 2 is 1.79 bits per heavy atom. The van der Waals surface area contributed by atoms with E-state index in [1.54, 1.807) is 7.11 Å². The highest BCUT2D eigenvalue weighted by Gasteiger charge is 2.20. The zero-order chi connectivity index (χ0) is 16.5. The van der Waals surface area contributed by atoms with E-state index in [9.17, 15) is 0 Å². The number of benzene rings is 3. The standard InChI is InChI=1S/C20H18N2O2/c1-3-24-17-12-6-9-14(19(17)23-2)20-21-15-10-4-7-13-8-5-11-16(22-20)18(13)15/h4-12H,3H2,1-2H3,(H,21,22). The van der Waals surface area contributed by atoms with E-state index in [1.165, 1.54) is 5.39 Å². The van der Waals surface area contributed by atoms with Crippen LogP contribution in [0, 0.1) is 0 Å². The van der Waals surface area contributed by atoms with Gasteiger partial charge < -0.3 is 14.8 Å². The fourth-order valence-corrected chi connectivity index (χ4v) is 3.10. The molecule has 3 aromatic carbocycles. The molecule has 1 aliphatic rings. The Morgan fingerprint density at radius 3 is 2.58 bits per heavy atom. The largest absolute Gasteiger partial charge is 0.492 e. The van der Waals surface area contributed by atoms with Gasteiger partial charge in [0.1, 0.15) is 5.84 Å². The predicted octanol–water partition coefficient (Wildman–Crippen LogP) is 4.75. The molecule has 0 fully saturated rings. The number of nitrogens with zero attached hydrogens (tertiary/aromatic N) is 1. The molecular formula is C20H18N2O2. The molecule has 0 saturated carbocycles. The topological polar surface area (TPSA) is 42.8 Å². The smallest absolute Gasteiger partial charge is 0.171 e. The summed E-state index contributed by atoms with van der Waals surface area (Å²) in [6.07, 6.45) is 0. The van der Waals surface area contributed by atoms with Gasteiger partial charge in [0.05, 0.1) is 25.0 Å². The van der Waals surface area contributed by atoms with E-state index in [-0.39, 0.29) is 0 Å². The summed E-state index contributed by atoms with van der Waals surface area (Å²) in [4.78, 5) is 4.81. The fourth-order valence-electron chi connectivity index (χ4n) is 3.10. The van der Waals surface area contributed by atoms with Crippen molar-refractivity contribution in [1.29, 1.82) is 0 Å². The lowest BCUT2D eigenvalue weighted by Gasteiger charge is -2.21. The van der Waals surface area contributed by atoms with Crippen LogP contribution in [0.1, 0.15) is 12.5 Å². The Hall–Kier alpha value is -3.01. The highest BCUT2D eigenvalue weighted by Crippen LogP contribution is 2.39. The zero-order valence-corrected chi connectivity index (χ0v) is 13.7. The third kappa shape index (κ3) is 2.27. The lowest BCUT2D eigenvalue weighted by atomic mass is 10.0. The molecule has 4 nitrogen and oxygen atoms in total. The van der Waals surface area contributed by atoms with Crippen molar-refractivity contribution in [3.63, 3.8) is 0 Å². The molecule has 4 rings (SSSR count). The maximum Gasteiger partial charge on any atom is 0.171 e. The first-order valence-electron chi connectivity index (χ1n) is 7.99. The van der Waals surface area contributed by atoms with E-state index in [2.05, 4.69) is 23.5 Å². The van der Waals surface area contributed by atoms with Gasteiger partial charge in [-0.15, -0.1) is 0 Å². The van der Waals surface area contributed by atoms with Crippen LogP contribution in [-0.4, -0.2) is 19.6 Å². The molecule has 0 atom stereocenters. The van der Waals surface area contributed by atoms with Crippen molar-refractivity contribution in [2.75, 3.05) is 19.0 Å². The lowest BCUT2D eigenvalue weighted by molar-refractivity contribution is 0.310. The molecule has 0 aliphatic carbocycles. The summed E-state index contributed by atoms with van der Waals surface area (Å²) in [5.74, 6) is 2.18. The molecule has 4 heteroatoms. The number of aliphatic imine (C=N–C) groups is 1. The molecule has 0 unspecified atom stereocenters. The van der Waals surface area contributed by atoms with Gasteiger partial charge in [-0.05, 0) is 36.6 Å². The van der Waals surface area contributed by atoms with Gasteiger partial charge in [-0.25, -0.2) is 4.99 Å². The molecule has 1 heterocycles. The predicted molar refractivity (Wildman–Crippen MR) is 97.9 cm³/mol. The lowest BCUT2D eigenvalue weighted by Crippen LogP contribution is -2.17. The summed E-state index contributed by atoms with van der Waals surface area (Å²) in [5, 5.41) is 5.75. The maximum atomic E-state index is 5.68. The van der Waals surface area contributed by atoms with Crippen molar-refractivity contribution < 1.29 is 9.47 Å². The van der Waals surface area contributed by atoms with Crippen LogP contribution in [0.3, 0.4) is 0 Å². The first kappa shape index (κ1) is 14.6. The number of methoxy groups -OCH3 is 1. The zero-order valence-electron chi connectivity index (χ0n) is 13.7. The van der Waals surface area contributed by atoms with Crippen molar-refractivity contribution >= 4 is 28.0 Å². The van der Waals surface area contributed by atoms with Gasteiger partial charge in [0, 0.05) is 11.1 Å². The van der Waals surface area contributed by atoms with E-state index in [0.29, 0.717) is 12.4 Å². The van der Waals surface area contributed by atoms with Gasteiger partial charge in [0.25, 0.3) is 0 Å². The van der Waals surface area contributed by atoms with E-state index in [4.69, 9.17) is 14.5 Å². The van der Waals surface area contributed by atoms with Crippen molar-refractivity contribution in [2.45, 2.75) is 6.92 Å². The van der Waals surface area contributed by atoms with Crippen LogP contribution in [-0.2, 0) is 0 Å². The number of hydrogen-bond donors (Lipinski definition) is 1. The van der Waals surface area contributed by atoms with Crippen LogP contribution in [0.25, 0.3) is 10.8 Å². The SMILES string of the molecule is CCOc1cccc(C2=Nc3cccc4cccc(c34)N2)c1OC. The first-order valence-corrected chi connectivity index (χ1v) is 7.99. The molecule has 0 amide bonds. The molecule has 0 aromatic heterocycles. The summed E-state index contributed by atoms with van der Waals surface area (Å²) < 4.78 is 11.3. The van der Waals surface area contributed by atoms with Gasteiger partial charge in [0.2, 0.25) is 0 Å². The molecule has 1 aliphatic heterocycles. The number of amidine groups is 1. The number of ether oxygens (including phenoxy) is 2. The van der Waals surface area contributed by atoms with Gasteiger partial charge in [-0.2, -0.15) is 0 Å². The minimum absolute atomic E-state index is 0.585. The Labute approximate surface area is 140 Å². The summed E-state index contributed by atoms with van der Waals surface area (Å²) in [5.41, 5.74) is 2.90.